The van der Waals surface area contributed by atoms with Crippen LogP contribution in [0.15, 0.2) is 54.6 Å². The van der Waals surface area contributed by atoms with E-state index in [1.165, 1.54) is 0 Å². The topological polar surface area (TPSA) is 35.2 Å². The van der Waals surface area contributed by atoms with Gasteiger partial charge in [0.1, 0.15) is 12.4 Å². The van der Waals surface area contributed by atoms with Crippen LogP contribution in [-0.2, 0) is 6.61 Å². The molecule has 2 N–H and O–H groups in total. The predicted octanol–water partition coefficient (Wildman–Crippen LogP) is 3.69. The molecule has 2 aromatic rings. The maximum atomic E-state index is 5.59. The Morgan fingerprint density at radius 3 is 2.00 bits per heavy atom. The van der Waals surface area contributed by atoms with Gasteiger partial charge in [-0.25, -0.2) is 0 Å². The zero-order valence-electron chi connectivity index (χ0n) is 9.21. The van der Waals surface area contributed by atoms with Gasteiger partial charge in [-0.2, -0.15) is 0 Å². The van der Waals surface area contributed by atoms with Crippen LogP contribution in [0.3, 0.4) is 0 Å². The molecule has 0 aliphatic rings. The summed E-state index contributed by atoms with van der Waals surface area (Å²) in [6.45, 7) is 0.588. The van der Waals surface area contributed by atoms with Gasteiger partial charge < -0.3 is 10.5 Å². The lowest BCUT2D eigenvalue weighted by molar-refractivity contribution is 0.306. The van der Waals surface area contributed by atoms with E-state index in [1.807, 2.05) is 54.6 Å². The van der Waals surface area contributed by atoms with Crippen LogP contribution in [0.1, 0.15) is 5.56 Å². The standard InChI is InChI=1S/C13H13NO.2ClH/c14-12-6-8-13(9-7-12)15-10-11-4-2-1-3-5-11;;/h1-9H,10,14H2;2*1H. The average molecular weight is 272 g/mol. The molecule has 0 unspecified atom stereocenters. The van der Waals surface area contributed by atoms with Crippen molar-refractivity contribution in [3.05, 3.63) is 60.2 Å². The van der Waals surface area contributed by atoms with E-state index in [9.17, 15) is 0 Å². The highest BCUT2D eigenvalue weighted by Gasteiger charge is 1.94. The molecule has 17 heavy (non-hydrogen) atoms. The molecule has 2 rings (SSSR count). The van der Waals surface area contributed by atoms with Gasteiger partial charge in [-0.1, -0.05) is 30.3 Å². The highest BCUT2D eigenvalue weighted by Crippen LogP contribution is 2.14. The average Bonchev–Trinajstić information content (AvgIpc) is 2.30. The maximum absolute atomic E-state index is 5.59. The predicted molar refractivity (Wildman–Crippen MR) is 76.1 cm³/mol. The minimum atomic E-state index is 0. The third-order valence-electron chi connectivity index (χ3n) is 2.13. The van der Waals surface area contributed by atoms with E-state index in [4.69, 9.17) is 10.5 Å². The molecule has 0 saturated heterocycles. The Labute approximate surface area is 114 Å². The van der Waals surface area contributed by atoms with Crippen molar-refractivity contribution in [3.63, 3.8) is 0 Å². The van der Waals surface area contributed by atoms with Gasteiger partial charge in [0.05, 0.1) is 0 Å². The van der Waals surface area contributed by atoms with Crippen LogP contribution in [0.2, 0.25) is 0 Å². The number of nitrogens with two attached hydrogens (primary N) is 1. The van der Waals surface area contributed by atoms with Gasteiger partial charge >= 0.3 is 0 Å². The molecule has 2 nitrogen and oxygen atoms in total. The van der Waals surface area contributed by atoms with E-state index in [2.05, 4.69) is 0 Å². The first-order chi connectivity index (χ1) is 7.34. The van der Waals surface area contributed by atoms with Gasteiger partial charge in [0, 0.05) is 5.69 Å². The molecule has 4 heteroatoms. The molecule has 0 aromatic heterocycles. The van der Waals surface area contributed by atoms with Crippen molar-refractivity contribution in [3.8, 4) is 5.75 Å². The second kappa shape index (κ2) is 7.82. The van der Waals surface area contributed by atoms with Gasteiger partial charge in [-0.05, 0) is 29.8 Å². The Bertz CT molecular complexity index is 417. The molecule has 0 atom stereocenters. The second-order valence-corrected chi connectivity index (χ2v) is 3.34. The van der Waals surface area contributed by atoms with E-state index in [0.29, 0.717) is 6.61 Å². The molecular weight excluding hydrogens is 257 g/mol. The first kappa shape index (κ1) is 15.6. The molecule has 0 spiro atoms. The fourth-order valence-corrected chi connectivity index (χ4v) is 1.30. The quantitative estimate of drug-likeness (QED) is 0.865. The van der Waals surface area contributed by atoms with Crippen molar-refractivity contribution in [1.82, 2.24) is 0 Å². The third kappa shape index (κ3) is 4.98. The number of nitrogen functional groups attached to an aromatic ring is 1. The van der Waals surface area contributed by atoms with Gasteiger partial charge in [0.25, 0.3) is 0 Å². The van der Waals surface area contributed by atoms with Crippen molar-refractivity contribution in [2.45, 2.75) is 6.61 Å². The fourth-order valence-electron chi connectivity index (χ4n) is 1.30. The lowest BCUT2D eigenvalue weighted by Gasteiger charge is -2.05. The van der Waals surface area contributed by atoms with Crippen LogP contribution in [0, 0.1) is 0 Å². The van der Waals surface area contributed by atoms with Crippen molar-refractivity contribution in [2.75, 3.05) is 5.73 Å². The molecule has 0 amide bonds. The summed E-state index contributed by atoms with van der Waals surface area (Å²) in [5.74, 6) is 0.841. The molecule has 0 aliphatic carbocycles. The van der Waals surface area contributed by atoms with Crippen LogP contribution in [0.25, 0.3) is 0 Å². The van der Waals surface area contributed by atoms with Crippen LogP contribution in [-0.4, -0.2) is 0 Å². The Balaban J connectivity index is 0.00000128. The van der Waals surface area contributed by atoms with Gasteiger partial charge in [-0.15, -0.1) is 24.8 Å². The molecule has 92 valence electrons. The highest BCUT2D eigenvalue weighted by molar-refractivity contribution is 5.85. The number of benzene rings is 2. The van der Waals surface area contributed by atoms with E-state index >= 15 is 0 Å². The zero-order valence-corrected chi connectivity index (χ0v) is 10.8. The first-order valence-corrected chi connectivity index (χ1v) is 4.87. The van der Waals surface area contributed by atoms with Gasteiger partial charge in [0.2, 0.25) is 0 Å². The minimum absolute atomic E-state index is 0. The third-order valence-corrected chi connectivity index (χ3v) is 2.13. The van der Waals surface area contributed by atoms with Crippen LogP contribution < -0.4 is 10.5 Å². The summed E-state index contributed by atoms with van der Waals surface area (Å²) in [4.78, 5) is 0. The number of rotatable bonds is 3. The smallest absolute Gasteiger partial charge is 0.119 e. The Morgan fingerprint density at radius 1 is 0.824 bits per heavy atom. The van der Waals surface area contributed by atoms with Crippen molar-refractivity contribution in [2.24, 2.45) is 0 Å². The normalized spacial score (nSPS) is 8.71. The summed E-state index contributed by atoms with van der Waals surface area (Å²) < 4.78 is 5.59. The summed E-state index contributed by atoms with van der Waals surface area (Å²) in [5.41, 5.74) is 7.49. The number of ether oxygens (including phenoxy) is 1. The number of hydrogen-bond acceptors (Lipinski definition) is 2. The number of hydrogen-bond donors (Lipinski definition) is 1. The Morgan fingerprint density at radius 2 is 1.41 bits per heavy atom. The molecule has 0 fully saturated rings. The lowest BCUT2D eigenvalue weighted by Crippen LogP contribution is -1.95. The molecule has 0 heterocycles. The van der Waals surface area contributed by atoms with Crippen LogP contribution >= 0.6 is 24.8 Å². The molecule has 0 saturated carbocycles. The molecule has 0 bridgehead atoms. The van der Waals surface area contributed by atoms with E-state index in [1.54, 1.807) is 0 Å². The van der Waals surface area contributed by atoms with Gasteiger partial charge in [0.15, 0.2) is 0 Å². The lowest BCUT2D eigenvalue weighted by atomic mass is 10.2. The minimum Gasteiger partial charge on any atom is -0.489 e. The van der Waals surface area contributed by atoms with Crippen molar-refractivity contribution < 1.29 is 4.74 Å². The summed E-state index contributed by atoms with van der Waals surface area (Å²) in [6.07, 6.45) is 0. The monoisotopic (exact) mass is 271 g/mol. The summed E-state index contributed by atoms with van der Waals surface area (Å²) in [6, 6.07) is 17.5. The summed E-state index contributed by atoms with van der Waals surface area (Å²) in [5, 5.41) is 0. The Hall–Kier alpha value is -1.38. The van der Waals surface area contributed by atoms with Crippen LogP contribution in [0.5, 0.6) is 5.75 Å². The summed E-state index contributed by atoms with van der Waals surface area (Å²) in [7, 11) is 0. The second-order valence-electron chi connectivity index (χ2n) is 3.34. The molecule has 0 aliphatic heterocycles. The zero-order chi connectivity index (χ0) is 10.5. The largest absolute Gasteiger partial charge is 0.489 e. The van der Waals surface area contributed by atoms with E-state index in [0.717, 1.165) is 17.0 Å². The molecule has 0 radical (unpaired) electrons. The van der Waals surface area contributed by atoms with E-state index in [-0.39, 0.29) is 24.8 Å². The summed E-state index contributed by atoms with van der Waals surface area (Å²) >= 11 is 0. The van der Waals surface area contributed by atoms with Crippen molar-refractivity contribution in [1.29, 1.82) is 0 Å². The SMILES string of the molecule is Cl.Cl.Nc1ccc(OCc2ccccc2)cc1. The first-order valence-electron chi connectivity index (χ1n) is 4.87. The Kier molecular flexibility index (Phi) is 7.19. The van der Waals surface area contributed by atoms with Gasteiger partial charge in [-0.3, -0.25) is 0 Å². The van der Waals surface area contributed by atoms with E-state index < -0.39 is 0 Å². The molecular formula is C13H15Cl2NO. The maximum Gasteiger partial charge on any atom is 0.119 e. The number of halogens is 2. The van der Waals surface area contributed by atoms with Crippen LogP contribution in [0.4, 0.5) is 5.69 Å². The highest BCUT2D eigenvalue weighted by atomic mass is 35.5. The number of anilines is 1. The fraction of sp³-hybridized carbons (Fsp3) is 0.0769. The molecule has 2 aromatic carbocycles. The van der Waals surface area contributed by atoms with Crippen molar-refractivity contribution >= 4 is 30.5 Å².